The monoisotopic (exact) mass is 611 g/mol. The average molecular weight is 614 g/mol. The topological polar surface area (TPSA) is 0 Å². The van der Waals surface area contributed by atoms with E-state index in [1.807, 2.05) is 0 Å². The van der Waals surface area contributed by atoms with Gasteiger partial charge in [0.1, 0.15) is 0 Å². The van der Waals surface area contributed by atoms with Crippen LogP contribution in [0.1, 0.15) is 130 Å². The number of unbranched alkanes of at least 4 members (excludes halogenated alkanes) is 12. The summed E-state index contributed by atoms with van der Waals surface area (Å²) in [5.74, 6) is 0. The molecule has 0 atom stereocenters. The van der Waals surface area contributed by atoms with Crippen molar-refractivity contribution in [3.63, 3.8) is 0 Å². The molecule has 0 radical (unpaired) electrons. The second-order valence-electron chi connectivity index (χ2n) is 8.48. The minimum atomic E-state index is -0.657. The first-order valence-electron chi connectivity index (χ1n) is 12.1. The van der Waals surface area contributed by atoms with Gasteiger partial charge in [0.05, 0.1) is 24.6 Å². The van der Waals surface area contributed by atoms with Crippen molar-refractivity contribution in [3.05, 3.63) is 0 Å². The number of rotatable bonds is 20. The Morgan fingerprint density at radius 2 is 0.536 bits per heavy atom. The van der Waals surface area contributed by atoms with Crippen molar-refractivity contribution in [1.29, 1.82) is 0 Å². The molecule has 0 aromatic heterocycles. The van der Waals surface area contributed by atoms with Crippen LogP contribution >= 0.6 is 58.2 Å². The molecule has 0 heterocycles. The Balaban J connectivity index is -0.000000960. The maximum absolute atomic E-state index is 2.35. The van der Waals surface area contributed by atoms with E-state index >= 15 is 0 Å². The normalized spacial score (nSPS) is 10.7. The van der Waals surface area contributed by atoms with Crippen molar-refractivity contribution in [1.82, 2.24) is 0 Å². The summed E-state index contributed by atoms with van der Waals surface area (Å²) in [7, 11) is -0.657. The molecule has 0 fully saturated rings. The van der Waals surface area contributed by atoms with Gasteiger partial charge in [-0.1, -0.05) is 79.1 Å². The van der Waals surface area contributed by atoms with Crippen LogP contribution in [0, 0.1) is 0 Å². The third kappa shape index (κ3) is 22.6. The lowest BCUT2D eigenvalue weighted by molar-refractivity contribution is 0.673. The van der Waals surface area contributed by atoms with E-state index in [-0.39, 0.29) is 50.9 Å². The van der Waals surface area contributed by atoms with Gasteiger partial charge in [0.15, 0.2) is 0 Å². The van der Waals surface area contributed by atoms with Gasteiger partial charge in [-0.25, -0.2) is 0 Å². The van der Waals surface area contributed by atoms with Gasteiger partial charge in [-0.2, -0.15) is 0 Å². The first-order chi connectivity index (χ1) is 12.2. The fraction of sp³-hybridized carbons (Fsp3) is 1.00. The highest BCUT2D eigenvalue weighted by molar-refractivity contribution is 8.93. The van der Waals surface area contributed by atoms with Gasteiger partial charge in [-0.3, -0.25) is 0 Å². The molecule has 0 saturated heterocycles. The van der Waals surface area contributed by atoms with Crippen LogP contribution in [0.2, 0.25) is 0 Å². The van der Waals surface area contributed by atoms with Gasteiger partial charge in [0, 0.05) is 7.26 Å². The van der Waals surface area contributed by atoms with Crippen molar-refractivity contribution in [3.8, 4) is 0 Å². The first kappa shape index (κ1) is 37.2. The standard InChI is InChI=1S/C24H52P.3BrH/c1-5-9-13-17-21-25(22-18-14-10-6-2,23-19-15-11-7-3)24-20-16-12-8-4;;;/h5-24H2,1-4H3;3*1H/q+1;;;. The zero-order valence-corrected chi connectivity index (χ0v) is 25.8. The Hall–Kier alpha value is 1.87. The maximum atomic E-state index is 2.35. The van der Waals surface area contributed by atoms with Gasteiger partial charge in [0.25, 0.3) is 0 Å². The predicted octanol–water partition coefficient (Wildman–Crippen LogP) is 11.1. The maximum Gasteiger partial charge on any atom is 0.0594 e. The molecule has 4 heteroatoms. The number of hydrogen-bond donors (Lipinski definition) is 0. The fourth-order valence-electron chi connectivity index (χ4n) is 4.17. The summed E-state index contributed by atoms with van der Waals surface area (Å²) < 4.78 is 0. The highest BCUT2D eigenvalue weighted by Gasteiger charge is 2.34. The molecular formula is C24H55Br3P+. The molecule has 0 aliphatic carbocycles. The number of hydrogen-bond acceptors (Lipinski definition) is 0. The van der Waals surface area contributed by atoms with Crippen LogP contribution in [0.15, 0.2) is 0 Å². The van der Waals surface area contributed by atoms with Crippen LogP contribution in [0.5, 0.6) is 0 Å². The molecular weight excluding hydrogens is 559 g/mol. The van der Waals surface area contributed by atoms with Crippen LogP contribution in [0.3, 0.4) is 0 Å². The summed E-state index contributed by atoms with van der Waals surface area (Å²) in [5, 5.41) is 0. The van der Waals surface area contributed by atoms with E-state index < -0.39 is 7.26 Å². The summed E-state index contributed by atoms with van der Waals surface area (Å²) in [5.41, 5.74) is 0. The molecule has 0 saturated carbocycles. The molecule has 0 aromatic carbocycles. The lowest BCUT2D eigenvalue weighted by Crippen LogP contribution is -2.13. The van der Waals surface area contributed by atoms with Gasteiger partial charge in [-0.15, -0.1) is 50.9 Å². The zero-order valence-electron chi connectivity index (χ0n) is 19.8. The minimum Gasteiger partial charge on any atom is -0.114 e. The minimum absolute atomic E-state index is 0. The van der Waals surface area contributed by atoms with E-state index in [2.05, 4.69) is 27.7 Å². The molecule has 0 spiro atoms. The quantitative estimate of drug-likeness (QED) is 0.0946. The highest BCUT2D eigenvalue weighted by atomic mass is 79.9. The largest absolute Gasteiger partial charge is 0.114 e. The SMILES string of the molecule is Br.Br.Br.CCCCCC[P+](CCCCCC)(CCCCCC)CCCCCC. The van der Waals surface area contributed by atoms with Gasteiger partial charge in [-0.05, 0) is 51.4 Å². The van der Waals surface area contributed by atoms with Gasteiger partial charge >= 0.3 is 0 Å². The second kappa shape index (κ2) is 28.9. The van der Waals surface area contributed by atoms with E-state index in [1.165, 1.54) is 103 Å². The zero-order chi connectivity index (χ0) is 18.6. The Bertz CT molecular complexity index is 209. The summed E-state index contributed by atoms with van der Waals surface area (Å²) in [6.45, 7) is 9.40. The van der Waals surface area contributed by atoms with Crippen LogP contribution in [-0.2, 0) is 0 Å². The molecule has 176 valence electrons. The summed E-state index contributed by atoms with van der Waals surface area (Å²) >= 11 is 0. The van der Waals surface area contributed by atoms with Crippen molar-refractivity contribution in [2.45, 2.75) is 130 Å². The molecule has 28 heavy (non-hydrogen) atoms. The second-order valence-corrected chi connectivity index (χ2v) is 13.0. The average Bonchev–Trinajstić information content (AvgIpc) is 2.63. The molecule has 0 rings (SSSR count). The van der Waals surface area contributed by atoms with E-state index in [0.29, 0.717) is 0 Å². The Morgan fingerprint density at radius 3 is 0.714 bits per heavy atom. The van der Waals surface area contributed by atoms with E-state index in [1.54, 1.807) is 24.6 Å². The Morgan fingerprint density at radius 1 is 0.321 bits per heavy atom. The molecule has 0 nitrogen and oxygen atoms in total. The molecule has 0 aliphatic heterocycles. The summed E-state index contributed by atoms with van der Waals surface area (Å²) in [4.78, 5) is 0. The third-order valence-corrected chi connectivity index (χ3v) is 11.0. The van der Waals surface area contributed by atoms with E-state index in [0.717, 1.165) is 0 Å². The predicted molar refractivity (Wildman–Crippen MR) is 154 cm³/mol. The van der Waals surface area contributed by atoms with Crippen LogP contribution in [0.25, 0.3) is 0 Å². The molecule has 0 aliphatic rings. The van der Waals surface area contributed by atoms with Crippen LogP contribution < -0.4 is 0 Å². The molecule has 0 aromatic rings. The summed E-state index contributed by atoms with van der Waals surface area (Å²) in [6, 6.07) is 0. The molecule has 0 N–H and O–H groups in total. The fourth-order valence-corrected chi connectivity index (χ4v) is 9.09. The highest BCUT2D eigenvalue weighted by Crippen LogP contribution is 2.61. The van der Waals surface area contributed by atoms with E-state index in [9.17, 15) is 0 Å². The van der Waals surface area contributed by atoms with Gasteiger partial charge in [0.2, 0.25) is 0 Å². The lowest BCUT2D eigenvalue weighted by atomic mass is 10.2. The van der Waals surface area contributed by atoms with Crippen molar-refractivity contribution in [2.75, 3.05) is 24.6 Å². The van der Waals surface area contributed by atoms with Crippen molar-refractivity contribution < 1.29 is 0 Å². The lowest BCUT2D eigenvalue weighted by Gasteiger charge is -2.28. The van der Waals surface area contributed by atoms with Crippen LogP contribution in [-0.4, -0.2) is 24.6 Å². The molecule has 0 amide bonds. The smallest absolute Gasteiger partial charge is 0.0594 e. The van der Waals surface area contributed by atoms with Crippen molar-refractivity contribution in [2.24, 2.45) is 0 Å². The third-order valence-electron chi connectivity index (χ3n) is 5.94. The first-order valence-corrected chi connectivity index (χ1v) is 14.6. The number of halogens is 3. The van der Waals surface area contributed by atoms with Crippen molar-refractivity contribution >= 4 is 58.2 Å². The van der Waals surface area contributed by atoms with E-state index in [4.69, 9.17) is 0 Å². The Labute approximate surface area is 212 Å². The van der Waals surface area contributed by atoms with Gasteiger partial charge < -0.3 is 0 Å². The molecule has 0 bridgehead atoms. The molecule has 0 unspecified atom stereocenters. The summed E-state index contributed by atoms with van der Waals surface area (Å²) in [6.07, 6.45) is 30.1. The Kier molecular flexibility index (Phi) is 38.4. The van der Waals surface area contributed by atoms with Crippen LogP contribution in [0.4, 0.5) is 0 Å².